The van der Waals surface area contributed by atoms with E-state index in [4.69, 9.17) is 4.74 Å². The van der Waals surface area contributed by atoms with Crippen molar-refractivity contribution in [2.45, 2.75) is 6.92 Å². The van der Waals surface area contributed by atoms with Crippen LogP contribution in [0.25, 0.3) is 0 Å². The van der Waals surface area contributed by atoms with Crippen LogP contribution in [-0.2, 0) is 4.79 Å². The van der Waals surface area contributed by atoms with Gasteiger partial charge in [0.05, 0.1) is 24.9 Å². The van der Waals surface area contributed by atoms with Crippen molar-refractivity contribution in [3.63, 3.8) is 0 Å². The van der Waals surface area contributed by atoms with Gasteiger partial charge < -0.3 is 10.1 Å². The van der Waals surface area contributed by atoms with Crippen molar-refractivity contribution in [2.24, 2.45) is 5.10 Å². The molecule has 0 unspecified atom stereocenters. The number of hydrazone groups is 1. The third kappa shape index (κ3) is 5.42. The Morgan fingerprint density at radius 2 is 1.80 bits per heavy atom. The van der Waals surface area contributed by atoms with Gasteiger partial charge in [0, 0.05) is 4.47 Å². The molecule has 0 aliphatic heterocycles. The lowest BCUT2D eigenvalue weighted by Gasteiger charge is -2.08. The monoisotopic (exact) mass is 403 g/mol. The zero-order valence-electron chi connectivity index (χ0n) is 13.9. The minimum Gasteiger partial charge on any atom is -0.496 e. The molecule has 25 heavy (non-hydrogen) atoms. The molecule has 0 spiro atoms. The number of ether oxygens (including phenoxy) is 1. The van der Waals surface area contributed by atoms with E-state index in [-0.39, 0.29) is 12.5 Å². The van der Waals surface area contributed by atoms with E-state index in [1.165, 1.54) is 7.11 Å². The number of benzene rings is 2. The Kier molecular flexibility index (Phi) is 6.71. The van der Waals surface area contributed by atoms with Gasteiger partial charge in [0.1, 0.15) is 5.75 Å². The number of nitrogens with zero attached hydrogens (tertiary/aromatic N) is 1. The maximum absolute atomic E-state index is 12.1. The molecule has 2 N–H and O–H groups in total. The smallest absolute Gasteiger partial charge is 0.259 e. The summed E-state index contributed by atoms with van der Waals surface area (Å²) in [4.78, 5) is 24.0. The van der Waals surface area contributed by atoms with Gasteiger partial charge in [0.15, 0.2) is 0 Å². The summed E-state index contributed by atoms with van der Waals surface area (Å²) in [6.07, 6.45) is 0. The standard InChI is InChI=1S/C18H18BrN3O3/c1-12(13-7-9-14(19)10-8-13)21-22-17(23)11-20-18(24)15-5-3-4-6-16(15)25-2/h3-10H,11H2,1-2H3,(H,20,24)(H,22,23)/b21-12-. The molecular weight excluding hydrogens is 386 g/mol. The van der Waals surface area contributed by atoms with Crippen molar-refractivity contribution in [3.8, 4) is 5.75 Å². The third-order valence-corrected chi connectivity index (χ3v) is 3.90. The lowest BCUT2D eigenvalue weighted by atomic mass is 10.1. The number of hydrogen-bond acceptors (Lipinski definition) is 4. The van der Waals surface area contributed by atoms with Gasteiger partial charge in [0.2, 0.25) is 0 Å². The number of halogens is 1. The van der Waals surface area contributed by atoms with Crippen molar-refractivity contribution in [2.75, 3.05) is 13.7 Å². The van der Waals surface area contributed by atoms with E-state index in [1.54, 1.807) is 31.2 Å². The Morgan fingerprint density at radius 3 is 2.48 bits per heavy atom. The van der Waals surface area contributed by atoms with Crippen LogP contribution in [0.15, 0.2) is 58.1 Å². The molecule has 2 aromatic rings. The highest BCUT2D eigenvalue weighted by Crippen LogP contribution is 2.16. The maximum Gasteiger partial charge on any atom is 0.259 e. The highest BCUT2D eigenvalue weighted by atomic mass is 79.9. The summed E-state index contributed by atoms with van der Waals surface area (Å²) in [5.74, 6) is -0.356. The summed E-state index contributed by atoms with van der Waals surface area (Å²) in [7, 11) is 1.48. The first kappa shape index (κ1) is 18.7. The largest absolute Gasteiger partial charge is 0.496 e. The van der Waals surface area contributed by atoms with Crippen molar-refractivity contribution < 1.29 is 14.3 Å². The van der Waals surface area contributed by atoms with Crippen LogP contribution in [-0.4, -0.2) is 31.2 Å². The fraction of sp³-hybridized carbons (Fsp3) is 0.167. The van der Waals surface area contributed by atoms with E-state index in [1.807, 2.05) is 24.3 Å². The number of hydrogen-bond donors (Lipinski definition) is 2. The van der Waals surface area contributed by atoms with Crippen LogP contribution in [0.2, 0.25) is 0 Å². The van der Waals surface area contributed by atoms with Crippen molar-refractivity contribution in [1.82, 2.24) is 10.7 Å². The van der Waals surface area contributed by atoms with Crippen molar-refractivity contribution >= 4 is 33.5 Å². The zero-order chi connectivity index (χ0) is 18.2. The Labute approximate surface area is 154 Å². The second-order valence-electron chi connectivity index (χ2n) is 5.12. The highest BCUT2D eigenvalue weighted by Gasteiger charge is 2.12. The molecule has 0 saturated carbocycles. The molecular formula is C18H18BrN3O3. The molecule has 0 fully saturated rings. The minimum absolute atomic E-state index is 0.187. The van der Waals surface area contributed by atoms with Crippen LogP contribution in [0, 0.1) is 0 Å². The average molecular weight is 404 g/mol. The first-order chi connectivity index (χ1) is 12.0. The molecule has 0 aromatic heterocycles. The highest BCUT2D eigenvalue weighted by molar-refractivity contribution is 9.10. The van der Waals surface area contributed by atoms with Crippen LogP contribution in [0.5, 0.6) is 5.75 Å². The van der Waals surface area contributed by atoms with Gasteiger partial charge in [-0.05, 0) is 36.8 Å². The normalized spacial score (nSPS) is 10.9. The molecule has 2 rings (SSSR count). The predicted octanol–water partition coefficient (Wildman–Crippen LogP) is 2.73. The van der Waals surface area contributed by atoms with E-state index in [0.29, 0.717) is 17.0 Å². The lowest BCUT2D eigenvalue weighted by Crippen LogP contribution is -2.35. The molecule has 0 radical (unpaired) electrons. The molecule has 0 aliphatic carbocycles. The summed E-state index contributed by atoms with van der Waals surface area (Å²) in [5, 5.41) is 6.57. The van der Waals surface area contributed by atoms with E-state index in [9.17, 15) is 9.59 Å². The van der Waals surface area contributed by atoms with Crippen LogP contribution >= 0.6 is 15.9 Å². The van der Waals surface area contributed by atoms with Crippen LogP contribution in [0.4, 0.5) is 0 Å². The van der Waals surface area contributed by atoms with E-state index in [2.05, 4.69) is 31.8 Å². The summed E-state index contributed by atoms with van der Waals surface area (Å²) >= 11 is 3.36. The lowest BCUT2D eigenvalue weighted by molar-refractivity contribution is -0.120. The number of para-hydroxylation sites is 1. The average Bonchev–Trinajstić information content (AvgIpc) is 2.64. The van der Waals surface area contributed by atoms with E-state index in [0.717, 1.165) is 10.0 Å². The Balaban J connectivity index is 1.89. The molecule has 0 heterocycles. The predicted molar refractivity (Wildman–Crippen MR) is 99.8 cm³/mol. The molecule has 130 valence electrons. The summed E-state index contributed by atoms with van der Waals surface area (Å²) in [6, 6.07) is 14.4. The number of rotatable bonds is 6. The van der Waals surface area contributed by atoms with Crippen molar-refractivity contribution in [3.05, 3.63) is 64.1 Å². The molecule has 2 aromatic carbocycles. The molecule has 0 atom stereocenters. The summed E-state index contributed by atoms with van der Waals surface area (Å²) < 4.78 is 6.09. The number of nitrogens with one attached hydrogen (secondary N) is 2. The Morgan fingerprint density at radius 1 is 1.12 bits per heavy atom. The van der Waals surface area contributed by atoms with Crippen LogP contribution in [0.1, 0.15) is 22.8 Å². The molecule has 6 nitrogen and oxygen atoms in total. The van der Waals surface area contributed by atoms with Crippen molar-refractivity contribution in [1.29, 1.82) is 0 Å². The summed E-state index contributed by atoms with van der Waals surface area (Å²) in [5.41, 5.74) is 4.34. The van der Waals surface area contributed by atoms with Gasteiger partial charge in [0.25, 0.3) is 11.8 Å². The minimum atomic E-state index is -0.417. The topological polar surface area (TPSA) is 79.8 Å². The first-order valence-electron chi connectivity index (χ1n) is 7.51. The van der Waals surface area contributed by atoms with Gasteiger partial charge >= 0.3 is 0 Å². The molecule has 2 amide bonds. The number of methoxy groups -OCH3 is 1. The number of carbonyl (C=O) groups excluding carboxylic acids is 2. The second kappa shape index (κ2) is 8.98. The van der Waals surface area contributed by atoms with Crippen LogP contribution in [0.3, 0.4) is 0 Å². The van der Waals surface area contributed by atoms with Gasteiger partial charge in [-0.25, -0.2) is 5.43 Å². The molecule has 0 saturated heterocycles. The van der Waals surface area contributed by atoms with E-state index >= 15 is 0 Å². The van der Waals surface area contributed by atoms with Gasteiger partial charge in [-0.3, -0.25) is 9.59 Å². The van der Waals surface area contributed by atoms with E-state index < -0.39 is 5.91 Å². The molecule has 7 heteroatoms. The zero-order valence-corrected chi connectivity index (χ0v) is 15.5. The number of amides is 2. The third-order valence-electron chi connectivity index (χ3n) is 3.37. The Bertz CT molecular complexity index is 788. The molecule has 0 bridgehead atoms. The number of carbonyl (C=O) groups is 2. The van der Waals surface area contributed by atoms with Gasteiger partial charge in [-0.2, -0.15) is 5.10 Å². The second-order valence-corrected chi connectivity index (χ2v) is 6.04. The SMILES string of the molecule is COc1ccccc1C(=O)NCC(=O)N/N=C(/C)c1ccc(Br)cc1. The quantitative estimate of drug-likeness (QED) is 0.574. The molecule has 0 aliphatic rings. The Hall–Kier alpha value is -2.67. The van der Waals surface area contributed by atoms with Gasteiger partial charge in [-0.15, -0.1) is 0 Å². The first-order valence-corrected chi connectivity index (χ1v) is 8.31. The van der Waals surface area contributed by atoms with Gasteiger partial charge in [-0.1, -0.05) is 40.2 Å². The fourth-order valence-corrected chi connectivity index (χ4v) is 2.29. The van der Waals surface area contributed by atoms with Crippen LogP contribution < -0.4 is 15.5 Å². The fourth-order valence-electron chi connectivity index (χ4n) is 2.03. The summed E-state index contributed by atoms with van der Waals surface area (Å²) in [6.45, 7) is 1.60. The maximum atomic E-state index is 12.1.